The van der Waals surface area contributed by atoms with Crippen LogP contribution in [0.2, 0.25) is 0 Å². The van der Waals surface area contributed by atoms with Crippen LogP contribution in [0.5, 0.6) is 0 Å². The predicted octanol–water partition coefficient (Wildman–Crippen LogP) is 9.41. The average molecular weight is 548 g/mol. The van der Waals surface area contributed by atoms with Gasteiger partial charge < -0.3 is 18.8 Å². The molecule has 2 atom stereocenters. The average Bonchev–Trinajstić information content (AvgIpc) is 3.13. The highest BCUT2D eigenvalue weighted by atomic mass is 19.1. The highest BCUT2D eigenvalue weighted by molar-refractivity contribution is 5.85. The van der Waals surface area contributed by atoms with Crippen molar-refractivity contribution in [3.8, 4) is 22.4 Å². The zero-order valence-corrected chi connectivity index (χ0v) is 25.5. The minimum absolute atomic E-state index is 0.0140. The molecule has 2 heterocycles. The van der Waals surface area contributed by atoms with Gasteiger partial charge in [0.25, 0.3) is 0 Å². The number of rotatable bonds is 9. The van der Waals surface area contributed by atoms with Crippen molar-refractivity contribution in [2.45, 2.75) is 111 Å². The SMILES string of the molecule is C=C(CC1CC(CCn2c(-c3ccc(F)cc3)c(-c3ccccc3)c(C)c2C(C)C)OC(C)(C)O1)OC(C)(C)C. The fourth-order valence-corrected chi connectivity index (χ4v) is 6.13. The molecule has 40 heavy (non-hydrogen) atoms. The Kier molecular flexibility index (Phi) is 8.96. The van der Waals surface area contributed by atoms with Crippen LogP contribution in [0.3, 0.4) is 0 Å². The summed E-state index contributed by atoms with van der Waals surface area (Å²) in [6.07, 6.45) is 2.21. The van der Waals surface area contributed by atoms with Crippen LogP contribution in [-0.4, -0.2) is 28.2 Å². The van der Waals surface area contributed by atoms with Crippen LogP contribution in [-0.2, 0) is 20.8 Å². The fraction of sp³-hybridized carbons (Fsp3) is 0.486. The van der Waals surface area contributed by atoms with E-state index in [4.69, 9.17) is 14.2 Å². The third-order valence-corrected chi connectivity index (χ3v) is 7.29. The summed E-state index contributed by atoms with van der Waals surface area (Å²) in [5.74, 6) is 0.125. The van der Waals surface area contributed by atoms with Crippen molar-refractivity contribution in [3.63, 3.8) is 0 Å². The number of benzene rings is 2. The molecule has 1 fully saturated rings. The maximum Gasteiger partial charge on any atom is 0.163 e. The van der Waals surface area contributed by atoms with Crippen LogP contribution < -0.4 is 0 Å². The second-order valence-electron chi connectivity index (χ2n) is 12.8. The number of hydrogen-bond donors (Lipinski definition) is 0. The highest BCUT2D eigenvalue weighted by Crippen LogP contribution is 2.42. The van der Waals surface area contributed by atoms with E-state index in [1.165, 1.54) is 22.4 Å². The molecule has 2 unspecified atom stereocenters. The molecule has 216 valence electrons. The van der Waals surface area contributed by atoms with E-state index in [-0.39, 0.29) is 23.6 Å². The Morgan fingerprint density at radius 1 is 1.02 bits per heavy atom. The van der Waals surface area contributed by atoms with Crippen molar-refractivity contribution < 1.29 is 18.6 Å². The van der Waals surface area contributed by atoms with E-state index >= 15 is 0 Å². The molecular weight excluding hydrogens is 501 g/mol. The van der Waals surface area contributed by atoms with Crippen molar-refractivity contribution in [2.75, 3.05) is 0 Å². The predicted molar refractivity (Wildman–Crippen MR) is 162 cm³/mol. The summed E-state index contributed by atoms with van der Waals surface area (Å²) < 4.78 is 35.1. The number of aromatic nitrogens is 1. The van der Waals surface area contributed by atoms with E-state index in [1.807, 2.05) is 52.8 Å². The summed E-state index contributed by atoms with van der Waals surface area (Å²) in [7, 11) is 0. The van der Waals surface area contributed by atoms with E-state index < -0.39 is 5.79 Å². The Hall–Kier alpha value is -2.89. The molecule has 1 aromatic heterocycles. The van der Waals surface area contributed by atoms with E-state index in [9.17, 15) is 4.39 Å². The monoisotopic (exact) mass is 547 g/mol. The molecular formula is C35H46FNO3. The molecule has 2 aromatic carbocycles. The molecule has 0 saturated carbocycles. The largest absolute Gasteiger partial charge is 0.493 e. The van der Waals surface area contributed by atoms with Crippen molar-refractivity contribution in [1.29, 1.82) is 0 Å². The zero-order valence-electron chi connectivity index (χ0n) is 25.5. The van der Waals surface area contributed by atoms with Crippen LogP contribution >= 0.6 is 0 Å². The van der Waals surface area contributed by atoms with Gasteiger partial charge in [0.1, 0.15) is 11.4 Å². The summed E-state index contributed by atoms with van der Waals surface area (Å²) in [6, 6.07) is 17.4. The van der Waals surface area contributed by atoms with Crippen molar-refractivity contribution >= 4 is 0 Å². The molecule has 1 aliphatic rings. The first kappa shape index (κ1) is 30.1. The Morgan fingerprint density at radius 2 is 1.65 bits per heavy atom. The second-order valence-corrected chi connectivity index (χ2v) is 12.8. The first-order chi connectivity index (χ1) is 18.7. The lowest BCUT2D eigenvalue weighted by Gasteiger charge is -2.41. The van der Waals surface area contributed by atoms with Crippen LogP contribution in [0.1, 0.15) is 84.9 Å². The highest BCUT2D eigenvalue weighted by Gasteiger charge is 2.36. The van der Waals surface area contributed by atoms with E-state index in [0.29, 0.717) is 12.3 Å². The van der Waals surface area contributed by atoms with E-state index in [0.717, 1.165) is 36.4 Å². The molecule has 1 aliphatic heterocycles. The van der Waals surface area contributed by atoms with Gasteiger partial charge >= 0.3 is 0 Å². The minimum atomic E-state index is -0.696. The first-order valence-corrected chi connectivity index (χ1v) is 14.5. The maximum atomic E-state index is 14.0. The van der Waals surface area contributed by atoms with Gasteiger partial charge in [-0.15, -0.1) is 0 Å². The molecule has 0 N–H and O–H groups in total. The van der Waals surface area contributed by atoms with Crippen LogP contribution in [0.25, 0.3) is 22.4 Å². The van der Waals surface area contributed by atoms with Gasteiger partial charge in [-0.25, -0.2) is 4.39 Å². The van der Waals surface area contributed by atoms with Gasteiger partial charge in [0, 0.05) is 30.6 Å². The summed E-state index contributed by atoms with van der Waals surface area (Å²) in [5.41, 5.74) is 6.79. The normalized spacial score (nSPS) is 19.1. The van der Waals surface area contributed by atoms with E-state index in [2.05, 4.69) is 56.2 Å². The maximum absolute atomic E-state index is 14.0. The molecule has 3 aromatic rings. The second kappa shape index (κ2) is 11.9. The van der Waals surface area contributed by atoms with Gasteiger partial charge in [-0.3, -0.25) is 0 Å². The van der Waals surface area contributed by atoms with Crippen LogP contribution in [0.4, 0.5) is 4.39 Å². The lowest BCUT2D eigenvalue weighted by Crippen LogP contribution is -2.45. The molecule has 4 nitrogen and oxygen atoms in total. The van der Waals surface area contributed by atoms with Gasteiger partial charge in [0.05, 0.1) is 23.7 Å². The molecule has 0 amide bonds. The lowest BCUT2D eigenvalue weighted by molar-refractivity contribution is -0.301. The number of halogens is 1. The summed E-state index contributed by atoms with van der Waals surface area (Å²) in [6.45, 7) is 21.7. The smallest absolute Gasteiger partial charge is 0.163 e. The number of nitrogens with zero attached hydrogens (tertiary/aromatic N) is 1. The Bertz CT molecular complexity index is 1300. The quantitative estimate of drug-likeness (QED) is 0.250. The Balaban J connectivity index is 1.68. The molecule has 0 radical (unpaired) electrons. The van der Waals surface area contributed by atoms with Crippen LogP contribution in [0, 0.1) is 12.7 Å². The summed E-state index contributed by atoms with van der Waals surface area (Å²) in [5, 5.41) is 0. The van der Waals surface area contributed by atoms with Gasteiger partial charge in [0.15, 0.2) is 5.79 Å². The molecule has 5 heteroatoms. The van der Waals surface area contributed by atoms with Crippen molar-refractivity contribution in [3.05, 3.63) is 84.0 Å². The topological polar surface area (TPSA) is 32.6 Å². The molecule has 0 spiro atoms. The number of hydrogen-bond acceptors (Lipinski definition) is 3. The zero-order chi connectivity index (χ0) is 29.2. The molecule has 1 saturated heterocycles. The van der Waals surface area contributed by atoms with Gasteiger partial charge in [-0.1, -0.05) is 50.8 Å². The fourth-order valence-electron chi connectivity index (χ4n) is 6.13. The minimum Gasteiger partial charge on any atom is -0.493 e. The standard InChI is InChI=1S/C35H46FNO3/c1-23(2)32-25(4)31(26-13-11-10-12-14-26)33(27-15-17-28(36)18-16-27)37(32)20-19-29-22-30(40-35(8,9)39-29)21-24(3)38-34(5,6)7/h10-18,23,29-30H,3,19-22H2,1-2,4-9H3. The van der Waals surface area contributed by atoms with Gasteiger partial charge in [0.2, 0.25) is 0 Å². The molecule has 0 bridgehead atoms. The van der Waals surface area contributed by atoms with Gasteiger partial charge in [-0.2, -0.15) is 0 Å². The Morgan fingerprint density at radius 3 is 2.25 bits per heavy atom. The van der Waals surface area contributed by atoms with E-state index in [1.54, 1.807) is 12.1 Å². The lowest BCUT2D eigenvalue weighted by atomic mass is 9.96. The van der Waals surface area contributed by atoms with Crippen molar-refractivity contribution in [2.24, 2.45) is 0 Å². The van der Waals surface area contributed by atoms with Crippen LogP contribution in [0.15, 0.2) is 66.9 Å². The summed E-state index contributed by atoms with van der Waals surface area (Å²) >= 11 is 0. The Labute approximate surface area is 240 Å². The van der Waals surface area contributed by atoms with Gasteiger partial charge in [-0.05, 0) is 94.8 Å². The molecule has 4 rings (SSSR count). The molecule has 0 aliphatic carbocycles. The summed E-state index contributed by atoms with van der Waals surface area (Å²) in [4.78, 5) is 0. The third kappa shape index (κ3) is 7.24. The van der Waals surface area contributed by atoms with Crippen molar-refractivity contribution in [1.82, 2.24) is 4.57 Å². The first-order valence-electron chi connectivity index (χ1n) is 14.5. The third-order valence-electron chi connectivity index (χ3n) is 7.29. The number of ether oxygens (including phenoxy) is 3.